The smallest absolute Gasteiger partial charge is 0.306 e. The number of carboxylic acid groups (broad SMARTS) is 1. The van der Waals surface area contributed by atoms with E-state index in [9.17, 15) is 4.79 Å². The zero-order chi connectivity index (χ0) is 13.6. The Balaban J connectivity index is 1.95. The maximum Gasteiger partial charge on any atom is 0.306 e. The average Bonchev–Trinajstić information content (AvgIpc) is 2.64. The first-order valence-corrected chi connectivity index (χ1v) is 7.43. The van der Waals surface area contributed by atoms with E-state index in [0.717, 1.165) is 35.8 Å². The summed E-state index contributed by atoms with van der Waals surface area (Å²) in [5, 5.41) is 9.85. The Hall–Kier alpha value is -0.810. The third kappa shape index (κ3) is 2.03. The highest BCUT2D eigenvalue weighted by Gasteiger charge is 2.47. The molecule has 0 amide bonds. The zero-order valence-electron chi connectivity index (χ0n) is 10.3. The van der Waals surface area contributed by atoms with E-state index in [4.69, 9.17) is 16.7 Å². The lowest BCUT2D eigenvalue weighted by molar-refractivity contribution is -0.143. The third-order valence-electron chi connectivity index (χ3n) is 4.37. The largest absolute Gasteiger partial charge is 0.481 e. The van der Waals surface area contributed by atoms with Gasteiger partial charge in [-0.25, -0.2) is 4.98 Å². The molecular formula is C13H14BrClN2O2. The maximum absolute atomic E-state index is 11.1. The molecular weight excluding hydrogens is 332 g/mol. The predicted molar refractivity (Wildman–Crippen MR) is 76.8 cm³/mol. The van der Waals surface area contributed by atoms with Gasteiger partial charge in [0.25, 0.3) is 0 Å². The monoisotopic (exact) mass is 344 g/mol. The molecule has 4 nitrogen and oxygen atoms in total. The van der Waals surface area contributed by atoms with Crippen LogP contribution in [-0.2, 0) is 10.2 Å². The predicted octanol–water partition coefficient (Wildman–Crippen LogP) is 3.38. The van der Waals surface area contributed by atoms with E-state index in [1.807, 2.05) is 9.99 Å². The molecule has 1 N–H and O–H groups in total. The second kappa shape index (κ2) is 4.63. The van der Waals surface area contributed by atoms with Gasteiger partial charge in [0.1, 0.15) is 5.82 Å². The van der Waals surface area contributed by atoms with Crippen LogP contribution in [0.2, 0.25) is 5.02 Å². The summed E-state index contributed by atoms with van der Waals surface area (Å²) in [5.41, 5.74) is 1.04. The lowest BCUT2D eigenvalue weighted by Crippen LogP contribution is -2.36. The number of nitrogens with zero attached hydrogens (tertiary/aromatic N) is 2. The SMILES string of the molecule is O=C(O)C1CCC2(CC1)CN(Br)c1nccc(Cl)c12. The first kappa shape index (κ1) is 13.2. The number of anilines is 1. The van der Waals surface area contributed by atoms with Gasteiger partial charge in [-0.05, 0) is 31.7 Å². The van der Waals surface area contributed by atoms with Crippen molar-refractivity contribution in [2.45, 2.75) is 31.1 Å². The average molecular weight is 346 g/mol. The number of halogens is 2. The number of carbonyl (C=O) groups is 1. The van der Waals surface area contributed by atoms with Crippen molar-refractivity contribution in [2.24, 2.45) is 5.92 Å². The van der Waals surface area contributed by atoms with Crippen LogP contribution in [0.4, 0.5) is 5.82 Å². The number of aliphatic carboxylic acids is 1. The van der Waals surface area contributed by atoms with Gasteiger partial charge in [0.2, 0.25) is 0 Å². The minimum absolute atomic E-state index is 0.0455. The molecule has 1 fully saturated rings. The molecule has 0 aromatic carbocycles. The molecule has 0 bridgehead atoms. The van der Waals surface area contributed by atoms with Gasteiger partial charge < -0.3 is 5.11 Å². The third-order valence-corrected chi connectivity index (χ3v) is 5.28. The molecule has 102 valence electrons. The van der Waals surface area contributed by atoms with Crippen molar-refractivity contribution in [2.75, 3.05) is 10.5 Å². The molecule has 1 saturated carbocycles. The van der Waals surface area contributed by atoms with Gasteiger partial charge in [-0.2, -0.15) is 0 Å². The summed E-state index contributed by atoms with van der Waals surface area (Å²) < 4.78 is 1.95. The fourth-order valence-corrected chi connectivity index (χ4v) is 4.44. The summed E-state index contributed by atoms with van der Waals surface area (Å²) in [5.74, 6) is -0.0174. The number of pyridine rings is 1. The summed E-state index contributed by atoms with van der Waals surface area (Å²) in [7, 11) is 0. The number of hydrogen-bond donors (Lipinski definition) is 1. The molecule has 6 heteroatoms. The van der Waals surface area contributed by atoms with Crippen molar-refractivity contribution in [3.63, 3.8) is 0 Å². The molecule has 2 heterocycles. The molecule has 0 radical (unpaired) electrons. The van der Waals surface area contributed by atoms with Crippen LogP contribution in [0.25, 0.3) is 0 Å². The second-order valence-electron chi connectivity index (χ2n) is 5.40. The fraction of sp³-hybridized carbons (Fsp3) is 0.538. The van der Waals surface area contributed by atoms with E-state index in [0.29, 0.717) is 12.8 Å². The Kier molecular flexibility index (Phi) is 3.21. The van der Waals surface area contributed by atoms with Crippen LogP contribution in [0.1, 0.15) is 31.2 Å². The molecule has 0 atom stereocenters. The fourth-order valence-electron chi connectivity index (χ4n) is 3.35. The van der Waals surface area contributed by atoms with Gasteiger partial charge >= 0.3 is 5.97 Å². The van der Waals surface area contributed by atoms with E-state index < -0.39 is 5.97 Å². The summed E-state index contributed by atoms with van der Waals surface area (Å²) >= 11 is 9.87. The van der Waals surface area contributed by atoms with Crippen molar-refractivity contribution < 1.29 is 9.90 Å². The summed E-state index contributed by atoms with van der Waals surface area (Å²) in [6.45, 7) is 0.811. The van der Waals surface area contributed by atoms with E-state index in [-0.39, 0.29) is 11.3 Å². The van der Waals surface area contributed by atoms with E-state index in [1.54, 1.807) is 6.20 Å². The standard InChI is InChI=1S/C13H14BrClN2O2/c14-17-7-13(4-1-8(2-5-13)12(18)19)10-9(15)3-6-16-11(10)17/h3,6,8H,1-2,4-5,7H2,(H,18,19). The van der Waals surface area contributed by atoms with Gasteiger partial charge in [0, 0.05) is 28.7 Å². The van der Waals surface area contributed by atoms with E-state index >= 15 is 0 Å². The van der Waals surface area contributed by atoms with Crippen molar-refractivity contribution in [3.8, 4) is 0 Å². The Labute approximate surface area is 125 Å². The number of aromatic nitrogens is 1. The Morgan fingerprint density at radius 3 is 2.84 bits per heavy atom. The van der Waals surface area contributed by atoms with Crippen LogP contribution in [0.5, 0.6) is 0 Å². The van der Waals surface area contributed by atoms with Crippen molar-refractivity contribution in [3.05, 3.63) is 22.8 Å². The Morgan fingerprint density at radius 1 is 1.53 bits per heavy atom. The molecule has 1 aliphatic heterocycles. The van der Waals surface area contributed by atoms with Crippen LogP contribution in [-0.4, -0.2) is 22.6 Å². The summed E-state index contributed by atoms with van der Waals surface area (Å²) in [6.07, 6.45) is 4.83. The molecule has 1 aromatic rings. The van der Waals surface area contributed by atoms with Crippen molar-refractivity contribution >= 4 is 39.5 Å². The highest BCUT2D eigenvalue weighted by Crippen LogP contribution is 2.52. The topological polar surface area (TPSA) is 53.4 Å². The molecule has 2 aliphatic rings. The van der Waals surface area contributed by atoms with Crippen molar-refractivity contribution in [1.29, 1.82) is 0 Å². The van der Waals surface area contributed by atoms with Gasteiger partial charge in [-0.15, -0.1) is 0 Å². The molecule has 1 aromatic heterocycles. The van der Waals surface area contributed by atoms with Crippen LogP contribution in [0.15, 0.2) is 12.3 Å². The van der Waals surface area contributed by atoms with Crippen molar-refractivity contribution in [1.82, 2.24) is 4.98 Å². The number of hydrogen-bond acceptors (Lipinski definition) is 3. The van der Waals surface area contributed by atoms with E-state index in [1.165, 1.54) is 0 Å². The van der Waals surface area contributed by atoms with Gasteiger partial charge in [-0.3, -0.25) is 8.72 Å². The number of fused-ring (bicyclic) bond motifs is 2. The molecule has 0 saturated heterocycles. The van der Waals surface area contributed by atoms with Crippen LogP contribution in [0, 0.1) is 5.92 Å². The highest BCUT2D eigenvalue weighted by molar-refractivity contribution is 9.10. The summed E-state index contributed by atoms with van der Waals surface area (Å²) in [4.78, 5) is 15.5. The minimum Gasteiger partial charge on any atom is -0.481 e. The molecule has 3 rings (SSSR count). The first-order chi connectivity index (χ1) is 9.03. The minimum atomic E-state index is -0.680. The van der Waals surface area contributed by atoms with Gasteiger partial charge in [-0.1, -0.05) is 11.6 Å². The Morgan fingerprint density at radius 2 is 2.21 bits per heavy atom. The number of rotatable bonds is 1. The quantitative estimate of drug-likeness (QED) is 0.793. The molecule has 1 aliphatic carbocycles. The lowest BCUT2D eigenvalue weighted by atomic mass is 9.68. The lowest BCUT2D eigenvalue weighted by Gasteiger charge is -2.36. The normalized spacial score (nSPS) is 29.6. The number of carboxylic acids is 1. The first-order valence-electron chi connectivity index (χ1n) is 6.35. The van der Waals surface area contributed by atoms with Gasteiger partial charge in [0.15, 0.2) is 0 Å². The van der Waals surface area contributed by atoms with Crippen LogP contribution < -0.4 is 3.93 Å². The van der Waals surface area contributed by atoms with Crippen LogP contribution in [0.3, 0.4) is 0 Å². The van der Waals surface area contributed by atoms with E-state index in [2.05, 4.69) is 21.1 Å². The molecule has 19 heavy (non-hydrogen) atoms. The maximum atomic E-state index is 11.1. The molecule has 0 unspecified atom stereocenters. The van der Waals surface area contributed by atoms with Gasteiger partial charge in [0.05, 0.1) is 22.1 Å². The zero-order valence-corrected chi connectivity index (χ0v) is 12.6. The molecule has 1 spiro atoms. The highest BCUT2D eigenvalue weighted by atomic mass is 79.9. The second-order valence-corrected chi connectivity index (χ2v) is 6.67. The van der Waals surface area contributed by atoms with Crippen LogP contribution >= 0.6 is 27.7 Å². The summed E-state index contributed by atoms with van der Waals surface area (Å²) in [6, 6.07) is 1.82. The Bertz CT molecular complexity index is 529.